The summed E-state index contributed by atoms with van der Waals surface area (Å²) < 4.78 is 10.4. The highest BCUT2D eigenvalue weighted by Gasteiger charge is 2.11. The highest BCUT2D eigenvalue weighted by atomic mass is 16.5. The molecule has 1 rings (SSSR count). The molecule has 0 saturated carbocycles. The summed E-state index contributed by atoms with van der Waals surface area (Å²) in [5, 5.41) is 5.72. The fourth-order valence-corrected chi connectivity index (χ4v) is 1.57. The van der Waals surface area contributed by atoms with Crippen molar-refractivity contribution in [3.63, 3.8) is 0 Å². The van der Waals surface area contributed by atoms with Crippen LogP contribution in [0.1, 0.15) is 12.5 Å². The van der Waals surface area contributed by atoms with Gasteiger partial charge in [0.05, 0.1) is 20.3 Å². The summed E-state index contributed by atoms with van der Waals surface area (Å²) in [6.07, 6.45) is 0. The van der Waals surface area contributed by atoms with E-state index in [4.69, 9.17) is 9.47 Å². The lowest BCUT2D eigenvalue weighted by Crippen LogP contribution is -2.40. The molecule has 18 heavy (non-hydrogen) atoms. The van der Waals surface area contributed by atoms with Crippen molar-refractivity contribution in [2.75, 3.05) is 21.3 Å². The van der Waals surface area contributed by atoms with Gasteiger partial charge in [0.1, 0.15) is 11.5 Å². The molecule has 0 aliphatic heterocycles. The predicted octanol–water partition coefficient (Wildman–Crippen LogP) is 0.928. The topological polar surface area (TPSA) is 59.6 Å². The van der Waals surface area contributed by atoms with Crippen molar-refractivity contribution < 1.29 is 14.3 Å². The first-order valence-electron chi connectivity index (χ1n) is 5.78. The van der Waals surface area contributed by atoms with Crippen LogP contribution in [0.3, 0.4) is 0 Å². The van der Waals surface area contributed by atoms with Crippen LogP contribution in [0.15, 0.2) is 18.2 Å². The van der Waals surface area contributed by atoms with Crippen LogP contribution in [-0.4, -0.2) is 33.2 Å². The zero-order valence-corrected chi connectivity index (χ0v) is 11.2. The first-order chi connectivity index (χ1) is 8.62. The van der Waals surface area contributed by atoms with Gasteiger partial charge in [0, 0.05) is 25.2 Å². The molecule has 1 amide bonds. The number of amides is 1. The van der Waals surface area contributed by atoms with Crippen molar-refractivity contribution >= 4 is 5.91 Å². The summed E-state index contributed by atoms with van der Waals surface area (Å²) >= 11 is 0. The number of hydrogen-bond donors (Lipinski definition) is 2. The number of rotatable bonds is 6. The Morgan fingerprint density at radius 1 is 1.33 bits per heavy atom. The van der Waals surface area contributed by atoms with Gasteiger partial charge in [-0.3, -0.25) is 4.79 Å². The fourth-order valence-electron chi connectivity index (χ4n) is 1.57. The maximum Gasteiger partial charge on any atom is 0.236 e. The third kappa shape index (κ3) is 3.63. The Kier molecular flexibility index (Phi) is 5.45. The van der Waals surface area contributed by atoms with Crippen molar-refractivity contribution in [3.05, 3.63) is 23.8 Å². The quantitative estimate of drug-likeness (QED) is 0.790. The molecule has 100 valence electrons. The van der Waals surface area contributed by atoms with Gasteiger partial charge in [-0.25, -0.2) is 0 Å². The van der Waals surface area contributed by atoms with E-state index in [9.17, 15) is 4.79 Å². The van der Waals surface area contributed by atoms with E-state index < -0.39 is 0 Å². The largest absolute Gasteiger partial charge is 0.497 e. The van der Waals surface area contributed by atoms with Crippen LogP contribution < -0.4 is 20.1 Å². The van der Waals surface area contributed by atoms with Gasteiger partial charge in [-0.05, 0) is 13.0 Å². The molecule has 0 fully saturated rings. The van der Waals surface area contributed by atoms with E-state index >= 15 is 0 Å². The molecule has 1 aromatic carbocycles. The number of hydrogen-bond acceptors (Lipinski definition) is 4. The third-order valence-electron chi connectivity index (χ3n) is 2.73. The number of carbonyl (C=O) groups is 1. The van der Waals surface area contributed by atoms with E-state index in [1.165, 1.54) is 0 Å². The summed E-state index contributed by atoms with van der Waals surface area (Å²) in [6, 6.07) is 5.36. The van der Waals surface area contributed by atoms with E-state index in [1.54, 1.807) is 21.3 Å². The minimum atomic E-state index is -0.248. The molecule has 0 spiro atoms. The first-order valence-corrected chi connectivity index (χ1v) is 5.78. The number of methoxy groups -OCH3 is 2. The molecule has 5 heteroatoms. The van der Waals surface area contributed by atoms with Crippen LogP contribution in [0, 0.1) is 0 Å². The molecule has 0 bridgehead atoms. The van der Waals surface area contributed by atoms with Crippen LogP contribution in [-0.2, 0) is 11.3 Å². The Morgan fingerprint density at radius 2 is 2.06 bits per heavy atom. The Morgan fingerprint density at radius 3 is 2.61 bits per heavy atom. The van der Waals surface area contributed by atoms with E-state index in [2.05, 4.69) is 10.6 Å². The zero-order chi connectivity index (χ0) is 13.5. The zero-order valence-electron chi connectivity index (χ0n) is 11.2. The van der Waals surface area contributed by atoms with E-state index in [0.717, 1.165) is 17.1 Å². The molecule has 2 N–H and O–H groups in total. The molecule has 0 aliphatic carbocycles. The molecule has 1 aromatic rings. The molecule has 0 aromatic heterocycles. The predicted molar refractivity (Wildman–Crippen MR) is 69.9 cm³/mol. The maximum atomic E-state index is 11.4. The van der Waals surface area contributed by atoms with E-state index in [1.807, 2.05) is 25.1 Å². The van der Waals surface area contributed by atoms with Crippen molar-refractivity contribution in [2.24, 2.45) is 0 Å². The van der Waals surface area contributed by atoms with Crippen LogP contribution in [0.2, 0.25) is 0 Å². The standard InChI is InChI=1S/C13H20N2O3/c1-9(13(16)14-2)15-8-10-5-6-11(17-3)7-12(10)18-4/h5-7,9,15H,8H2,1-4H3,(H,14,16). The Bertz CT molecular complexity index is 407. The summed E-state index contributed by atoms with van der Waals surface area (Å²) in [5.41, 5.74) is 0.981. The number of ether oxygens (including phenoxy) is 2. The third-order valence-corrected chi connectivity index (χ3v) is 2.73. The van der Waals surface area contributed by atoms with Gasteiger partial charge in [0.25, 0.3) is 0 Å². The second-order valence-corrected chi connectivity index (χ2v) is 3.89. The molecule has 5 nitrogen and oxygen atoms in total. The maximum absolute atomic E-state index is 11.4. The van der Waals surface area contributed by atoms with Gasteiger partial charge in [-0.2, -0.15) is 0 Å². The highest BCUT2D eigenvalue weighted by molar-refractivity contribution is 5.80. The molecule has 1 atom stereocenters. The van der Waals surface area contributed by atoms with Gasteiger partial charge < -0.3 is 20.1 Å². The van der Waals surface area contributed by atoms with Crippen LogP contribution in [0.25, 0.3) is 0 Å². The van der Waals surface area contributed by atoms with Crippen LogP contribution >= 0.6 is 0 Å². The smallest absolute Gasteiger partial charge is 0.236 e. The molecule has 0 saturated heterocycles. The van der Waals surface area contributed by atoms with Gasteiger partial charge >= 0.3 is 0 Å². The summed E-state index contributed by atoms with van der Waals surface area (Å²) in [6.45, 7) is 2.37. The van der Waals surface area contributed by atoms with Gasteiger partial charge in [-0.15, -0.1) is 0 Å². The van der Waals surface area contributed by atoms with Gasteiger partial charge in [0.15, 0.2) is 0 Å². The van der Waals surface area contributed by atoms with Crippen molar-refractivity contribution in [3.8, 4) is 11.5 Å². The van der Waals surface area contributed by atoms with Crippen molar-refractivity contribution in [2.45, 2.75) is 19.5 Å². The lowest BCUT2D eigenvalue weighted by atomic mass is 10.1. The number of benzene rings is 1. The summed E-state index contributed by atoms with van der Waals surface area (Å²) in [4.78, 5) is 11.4. The van der Waals surface area contributed by atoms with E-state index in [-0.39, 0.29) is 11.9 Å². The summed E-state index contributed by atoms with van der Waals surface area (Å²) in [5.74, 6) is 1.45. The number of carbonyl (C=O) groups excluding carboxylic acids is 1. The lowest BCUT2D eigenvalue weighted by Gasteiger charge is -2.14. The van der Waals surface area contributed by atoms with E-state index in [0.29, 0.717) is 6.54 Å². The number of likely N-dealkylation sites (N-methyl/N-ethyl adjacent to an activating group) is 1. The monoisotopic (exact) mass is 252 g/mol. The molecular weight excluding hydrogens is 232 g/mol. The van der Waals surface area contributed by atoms with Crippen LogP contribution in [0.5, 0.6) is 11.5 Å². The van der Waals surface area contributed by atoms with Crippen LogP contribution in [0.4, 0.5) is 0 Å². The Hall–Kier alpha value is -1.75. The lowest BCUT2D eigenvalue weighted by molar-refractivity contribution is -0.122. The fraction of sp³-hybridized carbons (Fsp3) is 0.462. The molecular formula is C13H20N2O3. The average molecular weight is 252 g/mol. The first kappa shape index (κ1) is 14.3. The normalized spacial score (nSPS) is 11.8. The number of nitrogens with one attached hydrogen (secondary N) is 2. The van der Waals surface area contributed by atoms with Crippen molar-refractivity contribution in [1.29, 1.82) is 0 Å². The average Bonchev–Trinajstić information content (AvgIpc) is 2.43. The molecule has 0 radical (unpaired) electrons. The second-order valence-electron chi connectivity index (χ2n) is 3.89. The summed E-state index contributed by atoms with van der Waals surface area (Å²) in [7, 11) is 4.84. The second kappa shape index (κ2) is 6.86. The molecule has 0 heterocycles. The minimum absolute atomic E-state index is 0.0394. The van der Waals surface area contributed by atoms with Gasteiger partial charge in [-0.1, -0.05) is 6.07 Å². The van der Waals surface area contributed by atoms with Gasteiger partial charge in [0.2, 0.25) is 5.91 Å². The highest BCUT2D eigenvalue weighted by Crippen LogP contribution is 2.24. The Balaban J connectivity index is 2.69. The Labute approximate surface area is 107 Å². The van der Waals surface area contributed by atoms with Crippen molar-refractivity contribution in [1.82, 2.24) is 10.6 Å². The minimum Gasteiger partial charge on any atom is -0.497 e. The molecule has 1 unspecified atom stereocenters. The SMILES string of the molecule is CNC(=O)C(C)NCc1ccc(OC)cc1OC. The molecule has 0 aliphatic rings.